The topological polar surface area (TPSA) is 41.5 Å². The Balaban J connectivity index is 0.000000165. The molecule has 0 bridgehead atoms. The normalized spacial score (nSPS) is 14.1. The van der Waals surface area contributed by atoms with Crippen molar-refractivity contribution in [2.45, 2.75) is 0 Å². The molecule has 0 unspecified atom stereocenters. The van der Waals surface area contributed by atoms with Gasteiger partial charge in [0, 0.05) is 0 Å². The van der Waals surface area contributed by atoms with E-state index in [9.17, 15) is 0 Å². The van der Waals surface area contributed by atoms with Gasteiger partial charge in [-0.25, -0.2) is 5.48 Å². The highest BCUT2D eigenvalue weighted by atomic mass is 35.5. The van der Waals surface area contributed by atoms with Gasteiger partial charge in [-0.2, -0.15) is 0 Å². The summed E-state index contributed by atoms with van der Waals surface area (Å²) in [5.74, 6) is 0.322. The number of nitrogens with one attached hydrogen (secondary N) is 1. The number of halogens is 3. The molecule has 0 aromatic heterocycles. The molecule has 6 heteroatoms. The fraction of sp³-hybridized carbons (Fsp3) is 0. The first-order chi connectivity index (χ1) is 7.61. The molecule has 0 spiro atoms. The lowest BCUT2D eigenvalue weighted by Crippen LogP contribution is -2.11. The standard InChI is InChI=1S/C6H6O.C4H2Cl3NO/c7-6-4-2-1-3-5-6;5-2-1-9-8-4(7)3(2)6/h1-5,7H;1,8H. The molecule has 0 saturated carbocycles. The summed E-state index contributed by atoms with van der Waals surface area (Å²) in [5, 5.41) is 9.39. The first kappa shape index (κ1) is 13.0. The highest BCUT2D eigenvalue weighted by Crippen LogP contribution is 2.26. The van der Waals surface area contributed by atoms with Crippen molar-refractivity contribution in [3.8, 4) is 5.75 Å². The number of hydrogen-bond donors (Lipinski definition) is 2. The zero-order chi connectivity index (χ0) is 12.0. The summed E-state index contributed by atoms with van der Waals surface area (Å²) in [5.41, 5.74) is 2.31. The van der Waals surface area contributed by atoms with Crippen LogP contribution < -0.4 is 5.48 Å². The van der Waals surface area contributed by atoms with Crippen molar-refractivity contribution in [2.24, 2.45) is 0 Å². The molecule has 1 aromatic carbocycles. The molecule has 0 amide bonds. The number of hydrogen-bond acceptors (Lipinski definition) is 3. The quantitative estimate of drug-likeness (QED) is 0.713. The third-order valence-corrected chi connectivity index (χ3v) is 2.60. The highest BCUT2D eigenvalue weighted by molar-refractivity contribution is 6.47. The Morgan fingerprint density at radius 3 is 2.06 bits per heavy atom. The third-order valence-electron chi connectivity index (χ3n) is 1.47. The van der Waals surface area contributed by atoms with E-state index in [1.165, 1.54) is 6.26 Å². The van der Waals surface area contributed by atoms with Crippen LogP contribution in [0.2, 0.25) is 0 Å². The van der Waals surface area contributed by atoms with E-state index in [1.54, 1.807) is 24.3 Å². The summed E-state index contributed by atoms with van der Waals surface area (Å²) in [6.07, 6.45) is 1.26. The number of para-hydroxylation sites is 1. The lowest BCUT2D eigenvalue weighted by molar-refractivity contribution is 0.166. The molecule has 2 N–H and O–H groups in total. The minimum Gasteiger partial charge on any atom is -0.508 e. The van der Waals surface area contributed by atoms with Crippen LogP contribution in [0.15, 0.2) is 51.8 Å². The Labute approximate surface area is 108 Å². The Bertz CT molecular complexity index is 404. The fourth-order valence-electron chi connectivity index (χ4n) is 0.762. The first-order valence-electron chi connectivity index (χ1n) is 4.18. The summed E-state index contributed by atoms with van der Waals surface area (Å²) in [6, 6.07) is 8.71. The van der Waals surface area contributed by atoms with Crippen LogP contribution >= 0.6 is 34.8 Å². The predicted octanol–water partition coefficient (Wildman–Crippen LogP) is 3.64. The SMILES string of the molecule is ClC1=CONC(Cl)=C1Cl.Oc1ccccc1. The smallest absolute Gasteiger partial charge is 0.157 e. The van der Waals surface area contributed by atoms with E-state index in [0.29, 0.717) is 10.8 Å². The number of phenolic OH excluding ortho intramolecular Hbond substituents is 1. The molecule has 86 valence electrons. The number of phenols is 1. The number of rotatable bonds is 0. The van der Waals surface area contributed by atoms with Crippen molar-refractivity contribution < 1.29 is 9.94 Å². The Morgan fingerprint density at radius 1 is 1.06 bits per heavy atom. The molecule has 16 heavy (non-hydrogen) atoms. The summed E-state index contributed by atoms with van der Waals surface area (Å²) in [7, 11) is 0. The molecule has 1 aliphatic heterocycles. The largest absolute Gasteiger partial charge is 0.508 e. The predicted molar refractivity (Wildman–Crippen MR) is 65.0 cm³/mol. The average molecular weight is 281 g/mol. The summed E-state index contributed by atoms with van der Waals surface area (Å²) in [4.78, 5) is 4.55. The van der Waals surface area contributed by atoms with Crippen LogP contribution in [0.25, 0.3) is 0 Å². The Morgan fingerprint density at radius 2 is 1.69 bits per heavy atom. The van der Waals surface area contributed by atoms with Crippen molar-refractivity contribution in [3.05, 3.63) is 51.8 Å². The molecular weight excluding hydrogens is 272 g/mol. The van der Waals surface area contributed by atoms with Crippen LogP contribution in [-0.4, -0.2) is 5.11 Å². The fourth-order valence-corrected chi connectivity index (χ4v) is 1.18. The number of allylic oxidation sites excluding steroid dienone is 2. The van der Waals surface area contributed by atoms with E-state index in [0.717, 1.165) is 0 Å². The van der Waals surface area contributed by atoms with Crippen LogP contribution in [0.3, 0.4) is 0 Å². The second-order valence-corrected chi connectivity index (χ2v) is 3.81. The maximum Gasteiger partial charge on any atom is 0.157 e. The van der Waals surface area contributed by atoms with Gasteiger partial charge in [-0.05, 0) is 12.1 Å². The van der Waals surface area contributed by atoms with Crippen LogP contribution in [-0.2, 0) is 4.84 Å². The van der Waals surface area contributed by atoms with E-state index in [4.69, 9.17) is 39.9 Å². The Hall–Kier alpha value is -1.03. The zero-order valence-electron chi connectivity index (χ0n) is 7.95. The Kier molecular flexibility index (Phi) is 5.32. The summed E-state index contributed by atoms with van der Waals surface area (Å²) < 4.78 is 0. The molecule has 1 aliphatic rings. The second kappa shape index (κ2) is 6.53. The zero-order valence-corrected chi connectivity index (χ0v) is 10.2. The van der Waals surface area contributed by atoms with Gasteiger partial charge in [0.2, 0.25) is 0 Å². The van der Waals surface area contributed by atoms with Crippen LogP contribution in [0.5, 0.6) is 5.75 Å². The molecule has 0 radical (unpaired) electrons. The van der Waals surface area contributed by atoms with Crippen molar-refractivity contribution in [3.63, 3.8) is 0 Å². The van der Waals surface area contributed by atoms with Crippen LogP contribution in [0, 0.1) is 0 Å². The van der Waals surface area contributed by atoms with E-state index in [1.807, 2.05) is 6.07 Å². The molecule has 1 aromatic rings. The molecule has 0 aliphatic carbocycles. The van der Waals surface area contributed by atoms with Crippen LogP contribution in [0.1, 0.15) is 0 Å². The van der Waals surface area contributed by atoms with Gasteiger partial charge < -0.3 is 9.94 Å². The minimum atomic E-state index is 0.198. The molecular formula is C10H8Cl3NO2. The lowest BCUT2D eigenvalue weighted by Gasteiger charge is -2.09. The third kappa shape index (κ3) is 4.23. The second-order valence-electron chi connectivity index (χ2n) is 2.65. The van der Waals surface area contributed by atoms with Gasteiger partial charge in [0.1, 0.15) is 22.1 Å². The maximum atomic E-state index is 8.63. The first-order valence-corrected chi connectivity index (χ1v) is 5.31. The van der Waals surface area contributed by atoms with Crippen LogP contribution in [0.4, 0.5) is 0 Å². The molecule has 0 atom stereocenters. The molecule has 1 heterocycles. The molecule has 3 nitrogen and oxygen atoms in total. The van der Waals surface area contributed by atoms with E-state index < -0.39 is 0 Å². The molecule has 0 saturated heterocycles. The van der Waals surface area contributed by atoms with Gasteiger partial charge in [0.15, 0.2) is 5.16 Å². The van der Waals surface area contributed by atoms with E-state index in [2.05, 4.69) is 10.3 Å². The van der Waals surface area contributed by atoms with Crippen molar-refractivity contribution in [2.75, 3.05) is 0 Å². The lowest BCUT2D eigenvalue weighted by atomic mass is 10.3. The molecule has 0 fully saturated rings. The van der Waals surface area contributed by atoms with Gasteiger partial charge in [-0.1, -0.05) is 53.0 Å². The highest BCUT2D eigenvalue weighted by Gasteiger charge is 2.10. The van der Waals surface area contributed by atoms with Gasteiger partial charge in [0.05, 0.1) is 0 Å². The summed E-state index contributed by atoms with van der Waals surface area (Å²) in [6.45, 7) is 0. The molecule has 2 rings (SSSR count). The van der Waals surface area contributed by atoms with Gasteiger partial charge in [-0.15, -0.1) is 0 Å². The number of benzene rings is 1. The van der Waals surface area contributed by atoms with Crippen molar-refractivity contribution in [1.29, 1.82) is 0 Å². The van der Waals surface area contributed by atoms with Gasteiger partial charge >= 0.3 is 0 Å². The van der Waals surface area contributed by atoms with Crippen molar-refractivity contribution >= 4 is 34.8 Å². The number of aromatic hydroxyl groups is 1. The van der Waals surface area contributed by atoms with Crippen molar-refractivity contribution in [1.82, 2.24) is 5.48 Å². The van der Waals surface area contributed by atoms with E-state index in [-0.39, 0.29) is 10.2 Å². The minimum absolute atomic E-state index is 0.198. The maximum absolute atomic E-state index is 8.63. The average Bonchev–Trinajstić information content (AvgIpc) is 2.28. The van der Waals surface area contributed by atoms with Gasteiger partial charge in [-0.3, -0.25) is 0 Å². The van der Waals surface area contributed by atoms with Gasteiger partial charge in [0.25, 0.3) is 0 Å². The monoisotopic (exact) mass is 279 g/mol. The van der Waals surface area contributed by atoms with E-state index >= 15 is 0 Å². The summed E-state index contributed by atoms with van der Waals surface area (Å²) >= 11 is 16.5. The number of hydroxylamine groups is 1.